The number of aryl methyl sites for hydroxylation is 1. The van der Waals surface area contributed by atoms with Crippen LogP contribution in [0.2, 0.25) is 0 Å². The zero-order valence-corrected chi connectivity index (χ0v) is 21.4. The van der Waals surface area contributed by atoms with Crippen molar-refractivity contribution in [3.8, 4) is 33.6 Å². The Bertz CT molecular complexity index is 1320. The van der Waals surface area contributed by atoms with Crippen molar-refractivity contribution in [2.75, 3.05) is 33.4 Å². The largest absolute Gasteiger partial charge is 0.379 e. The molecule has 2 fully saturated rings. The lowest BCUT2D eigenvalue weighted by Gasteiger charge is -2.42. The smallest absolute Gasteiger partial charge is 0.159 e. The van der Waals surface area contributed by atoms with Crippen LogP contribution in [0.1, 0.15) is 25.3 Å². The lowest BCUT2D eigenvalue weighted by Crippen LogP contribution is -2.52. The third-order valence-corrected chi connectivity index (χ3v) is 7.66. The number of likely N-dealkylation sites (tertiary alicyclic amines) is 1. The molecule has 0 amide bonds. The maximum atomic E-state index is 5.68. The SMILES string of the molecule is CO[C@@H]1COCCC1N1CCC(n2cc(-c3cnc(-c4cccc(-c5cnn(C)c5)c4)nc3)cn2)CC1. The van der Waals surface area contributed by atoms with Gasteiger partial charge in [-0.1, -0.05) is 18.2 Å². The minimum atomic E-state index is 0.169. The van der Waals surface area contributed by atoms with Crippen LogP contribution in [0.5, 0.6) is 0 Å². The Kier molecular flexibility index (Phi) is 6.82. The average molecular weight is 500 g/mol. The second-order valence-corrected chi connectivity index (χ2v) is 9.96. The number of aromatic nitrogens is 6. The monoisotopic (exact) mass is 499 g/mol. The molecule has 5 heterocycles. The molecule has 0 spiro atoms. The molecule has 2 aliphatic heterocycles. The van der Waals surface area contributed by atoms with E-state index in [1.54, 1.807) is 11.8 Å². The van der Waals surface area contributed by atoms with E-state index in [4.69, 9.17) is 14.6 Å². The van der Waals surface area contributed by atoms with Crippen LogP contribution in [0.3, 0.4) is 0 Å². The summed E-state index contributed by atoms with van der Waals surface area (Å²) >= 11 is 0. The average Bonchev–Trinajstić information content (AvgIpc) is 3.63. The van der Waals surface area contributed by atoms with Crippen molar-refractivity contribution in [2.24, 2.45) is 7.05 Å². The molecular weight excluding hydrogens is 466 g/mol. The number of piperidine rings is 1. The Hall–Kier alpha value is -3.40. The van der Waals surface area contributed by atoms with Crippen LogP contribution in [0.15, 0.2) is 61.4 Å². The van der Waals surface area contributed by atoms with Crippen LogP contribution in [0.4, 0.5) is 0 Å². The Morgan fingerprint density at radius 3 is 2.38 bits per heavy atom. The second-order valence-electron chi connectivity index (χ2n) is 9.96. The van der Waals surface area contributed by atoms with Gasteiger partial charge in [0.05, 0.1) is 31.1 Å². The highest BCUT2D eigenvalue weighted by molar-refractivity contribution is 5.70. The summed E-state index contributed by atoms with van der Waals surface area (Å²) in [5.41, 5.74) is 5.17. The van der Waals surface area contributed by atoms with E-state index < -0.39 is 0 Å². The molecule has 0 radical (unpaired) electrons. The summed E-state index contributed by atoms with van der Waals surface area (Å²) in [6.45, 7) is 3.63. The van der Waals surface area contributed by atoms with Gasteiger partial charge in [-0.25, -0.2) is 9.97 Å². The molecule has 2 saturated heterocycles. The summed E-state index contributed by atoms with van der Waals surface area (Å²) in [7, 11) is 3.71. The third-order valence-electron chi connectivity index (χ3n) is 7.66. The summed E-state index contributed by atoms with van der Waals surface area (Å²) in [5.74, 6) is 0.705. The predicted molar refractivity (Wildman–Crippen MR) is 141 cm³/mol. The number of benzene rings is 1. The fourth-order valence-corrected chi connectivity index (χ4v) is 5.55. The van der Waals surface area contributed by atoms with E-state index in [0.717, 1.165) is 66.8 Å². The first-order chi connectivity index (χ1) is 18.2. The van der Waals surface area contributed by atoms with Gasteiger partial charge in [-0.2, -0.15) is 10.2 Å². The number of ether oxygens (including phenoxy) is 2. The Morgan fingerprint density at radius 1 is 0.865 bits per heavy atom. The van der Waals surface area contributed by atoms with E-state index in [9.17, 15) is 0 Å². The van der Waals surface area contributed by atoms with Gasteiger partial charge in [0, 0.05) is 86.9 Å². The van der Waals surface area contributed by atoms with Gasteiger partial charge < -0.3 is 9.47 Å². The van der Waals surface area contributed by atoms with Crippen molar-refractivity contribution in [1.82, 2.24) is 34.4 Å². The highest BCUT2D eigenvalue weighted by atomic mass is 16.5. The van der Waals surface area contributed by atoms with Crippen molar-refractivity contribution >= 4 is 0 Å². The maximum absolute atomic E-state index is 5.68. The summed E-state index contributed by atoms with van der Waals surface area (Å²) in [6, 6.07) is 9.10. The fraction of sp³-hybridized carbons (Fsp3) is 0.429. The summed E-state index contributed by atoms with van der Waals surface area (Å²) in [6.07, 6.45) is 15.1. The zero-order valence-electron chi connectivity index (χ0n) is 21.4. The summed E-state index contributed by atoms with van der Waals surface area (Å²) in [4.78, 5) is 11.9. The van der Waals surface area contributed by atoms with Gasteiger partial charge in [0.1, 0.15) is 0 Å². The van der Waals surface area contributed by atoms with E-state index in [0.29, 0.717) is 24.5 Å². The normalized spacial score (nSPS) is 21.4. The Balaban J connectivity index is 1.11. The first kappa shape index (κ1) is 24.0. The number of hydrogen-bond acceptors (Lipinski definition) is 7. The van der Waals surface area contributed by atoms with Gasteiger partial charge in [-0.3, -0.25) is 14.3 Å². The maximum Gasteiger partial charge on any atom is 0.159 e. The number of nitrogens with zero attached hydrogens (tertiary/aromatic N) is 7. The predicted octanol–water partition coefficient (Wildman–Crippen LogP) is 3.85. The highest BCUT2D eigenvalue weighted by Crippen LogP contribution is 2.29. The first-order valence-electron chi connectivity index (χ1n) is 13.0. The number of hydrogen-bond donors (Lipinski definition) is 0. The Morgan fingerprint density at radius 2 is 1.62 bits per heavy atom. The van der Waals surface area contributed by atoms with E-state index in [1.165, 1.54) is 0 Å². The molecule has 37 heavy (non-hydrogen) atoms. The van der Waals surface area contributed by atoms with E-state index in [-0.39, 0.29) is 6.10 Å². The number of methoxy groups -OCH3 is 1. The van der Waals surface area contributed by atoms with Crippen molar-refractivity contribution < 1.29 is 9.47 Å². The second kappa shape index (κ2) is 10.5. The quantitative estimate of drug-likeness (QED) is 0.399. The van der Waals surface area contributed by atoms with Gasteiger partial charge in [0.2, 0.25) is 0 Å². The number of rotatable bonds is 6. The molecule has 1 unspecified atom stereocenters. The van der Waals surface area contributed by atoms with Crippen molar-refractivity contribution in [3.63, 3.8) is 0 Å². The molecule has 9 heteroatoms. The summed E-state index contributed by atoms with van der Waals surface area (Å²) in [5, 5.41) is 8.98. The van der Waals surface area contributed by atoms with Crippen LogP contribution in [0.25, 0.3) is 33.6 Å². The summed E-state index contributed by atoms with van der Waals surface area (Å²) < 4.78 is 15.2. The van der Waals surface area contributed by atoms with Crippen molar-refractivity contribution in [2.45, 2.75) is 37.5 Å². The van der Waals surface area contributed by atoms with Crippen molar-refractivity contribution in [1.29, 1.82) is 0 Å². The minimum Gasteiger partial charge on any atom is -0.379 e. The first-order valence-corrected chi connectivity index (χ1v) is 13.0. The molecule has 0 aliphatic carbocycles. The lowest BCUT2D eigenvalue weighted by molar-refractivity contribution is -0.0880. The zero-order chi connectivity index (χ0) is 25.2. The van der Waals surface area contributed by atoms with Crippen LogP contribution >= 0.6 is 0 Å². The van der Waals surface area contributed by atoms with E-state index in [2.05, 4.69) is 43.0 Å². The molecule has 9 nitrogen and oxygen atoms in total. The minimum absolute atomic E-state index is 0.169. The fourth-order valence-electron chi connectivity index (χ4n) is 5.55. The van der Waals surface area contributed by atoms with Crippen LogP contribution in [0, 0.1) is 0 Å². The molecule has 192 valence electrons. The van der Waals surface area contributed by atoms with Gasteiger partial charge in [-0.15, -0.1) is 0 Å². The molecule has 3 aromatic heterocycles. The molecule has 0 bridgehead atoms. The molecular formula is C28H33N7O2. The van der Waals surface area contributed by atoms with Crippen LogP contribution < -0.4 is 0 Å². The molecule has 0 saturated carbocycles. The molecule has 2 aliphatic rings. The lowest BCUT2D eigenvalue weighted by atomic mass is 9.98. The molecule has 4 aromatic rings. The highest BCUT2D eigenvalue weighted by Gasteiger charge is 2.33. The van der Waals surface area contributed by atoms with Crippen LogP contribution in [-0.4, -0.2) is 80.0 Å². The molecule has 2 atom stereocenters. The topological polar surface area (TPSA) is 83.1 Å². The van der Waals surface area contributed by atoms with E-state index >= 15 is 0 Å². The van der Waals surface area contributed by atoms with Gasteiger partial charge in [-0.05, 0) is 30.9 Å². The van der Waals surface area contributed by atoms with Gasteiger partial charge in [0.25, 0.3) is 0 Å². The molecule has 0 N–H and O–H groups in total. The van der Waals surface area contributed by atoms with E-state index in [1.807, 2.05) is 50.2 Å². The van der Waals surface area contributed by atoms with Gasteiger partial charge >= 0.3 is 0 Å². The molecule has 6 rings (SSSR count). The van der Waals surface area contributed by atoms with Crippen molar-refractivity contribution in [3.05, 3.63) is 61.4 Å². The van der Waals surface area contributed by atoms with Crippen LogP contribution in [-0.2, 0) is 16.5 Å². The standard InChI is InChI=1S/C28H33N7O2/c1-33-17-23(15-31-33)20-4-3-5-21(12-20)28-29-13-22(14-30-28)24-16-32-35(18-24)25-6-9-34(10-7-25)26-8-11-37-19-27(26)36-2/h3-5,12-18,25-27H,6-11,19H2,1-2H3/t26?,27-/m1/s1. The Labute approximate surface area is 217 Å². The molecule has 1 aromatic carbocycles. The third kappa shape index (κ3) is 5.07. The van der Waals surface area contributed by atoms with Gasteiger partial charge in [0.15, 0.2) is 5.82 Å².